The van der Waals surface area contributed by atoms with E-state index in [1.807, 2.05) is 30.3 Å². The second-order valence-electron chi connectivity index (χ2n) is 11.0. The first-order chi connectivity index (χ1) is 16.9. The molecule has 4 fully saturated rings. The Balaban J connectivity index is 1.65. The van der Waals surface area contributed by atoms with E-state index in [1.54, 1.807) is 24.3 Å². The molecule has 0 spiro atoms. The predicted octanol–water partition coefficient (Wildman–Crippen LogP) is 6.02. The monoisotopic (exact) mass is 537 g/mol. The highest BCUT2D eigenvalue weighted by Crippen LogP contribution is 2.66. The molecular formula is C26H26F3NO4S2. The Morgan fingerprint density at radius 1 is 0.778 bits per heavy atom. The number of halogens is 3. The normalized spacial score (nSPS) is 29.1. The summed E-state index contributed by atoms with van der Waals surface area (Å²) >= 11 is 0. The van der Waals surface area contributed by atoms with E-state index in [0.717, 1.165) is 34.2 Å². The fraction of sp³-hybridized carbons (Fsp3) is 0.462. The molecule has 1 atom stereocenters. The molecule has 7 rings (SSSR count). The number of fused-ring (bicyclic) bond motifs is 2. The Labute approximate surface area is 208 Å². The van der Waals surface area contributed by atoms with E-state index in [9.17, 15) is 30.0 Å². The van der Waals surface area contributed by atoms with Gasteiger partial charge >= 0.3 is 15.5 Å². The molecule has 0 unspecified atom stereocenters. The van der Waals surface area contributed by atoms with Crippen molar-refractivity contribution >= 4 is 41.6 Å². The van der Waals surface area contributed by atoms with Gasteiger partial charge in [0.15, 0.2) is 0 Å². The van der Waals surface area contributed by atoms with Gasteiger partial charge in [-0.05, 0) is 94.9 Å². The number of hydrogen-bond donors (Lipinski definition) is 1. The molecule has 5 nitrogen and oxygen atoms in total. The van der Waals surface area contributed by atoms with Gasteiger partial charge < -0.3 is 0 Å². The summed E-state index contributed by atoms with van der Waals surface area (Å²) in [6.45, 7) is 0. The van der Waals surface area contributed by atoms with E-state index >= 15 is 0 Å². The van der Waals surface area contributed by atoms with Crippen molar-refractivity contribution in [1.82, 2.24) is 4.13 Å². The molecule has 192 valence electrons. The van der Waals surface area contributed by atoms with E-state index in [4.69, 9.17) is 0 Å². The van der Waals surface area contributed by atoms with Gasteiger partial charge in [-0.3, -0.25) is 0 Å². The molecule has 0 heterocycles. The minimum absolute atomic E-state index is 0.300. The molecule has 4 saturated carbocycles. The van der Waals surface area contributed by atoms with E-state index in [-0.39, 0.29) is 0 Å². The predicted molar refractivity (Wildman–Crippen MR) is 132 cm³/mol. The SMILES string of the molecule is O=S(=O)(NS(=O)(=O)C(F)(F)F)[C@@H](c1c2ccccc2cc2ccccc12)C12CC3CC(CC(C3)C1)C2. The molecule has 3 aromatic rings. The van der Waals surface area contributed by atoms with E-state index in [1.165, 1.54) is 0 Å². The Kier molecular flexibility index (Phi) is 5.32. The van der Waals surface area contributed by atoms with E-state index in [2.05, 4.69) is 0 Å². The van der Waals surface area contributed by atoms with Gasteiger partial charge in [0.2, 0.25) is 10.0 Å². The second kappa shape index (κ2) is 7.91. The highest BCUT2D eigenvalue weighted by atomic mass is 32.3. The van der Waals surface area contributed by atoms with Gasteiger partial charge in [-0.25, -0.2) is 16.8 Å². The Hall–Kier alpha value is -2.17. The largest absolute Gasteiger partial charge is 0.512 e. The maximum Gasteiger partial charge on any atom is 0.512 e. The van der Waals surface area contributed by atoms with E-state index < -0.39 is 36.2 Å². The third-order valence-corrected chi connectivity index (χ3v) is 12.3. The zero-order chi connectivity index (χ0) is 25.5. The average Bonchev–Trinajstić information content (AvgIpc) is 2.76. The quantitative estimate of drug-likeness (QED) is 0.404. The summed E-state index contributed by atoms with van der Waals surface area (Å²) in [5, 5.41) is 1.31. The number of nitrogens with one attached hydrogen (secondary N) is 1. The van der Waals surface area contributed by atoms with Crippen molar-refractivity contribution in [2.45, 2.75) is 49.3 Å². The van der Waals surface area contributed by atoms with Gasteiger partial charge in [0.05, 0.1) is 0 Å². The number of rotatable bonds is 5. The fourth-order valence-corrected chi connectivity index (χ4v) is 11.4. The van der Waals surface area contributed by atoms with Crippen LogP contribution in [0.5, 0.6) is 0 Å². The summed E-state index contributed by atoms with van der Waals surface area (Å²) in [5.41, 5.74) is -6.18. The Morgan fingerprint density at radius 2 is 1.22 bits per heavy atom. The topological polar surface area (TPSA) is 80.3 Å². The molecule has 4 bridgehead atoms. The summed E-state index contributed by atoms with van der Waals surface area (Å²) in [6.07, 6.45) is 4.68. The minimum atomic E-state index is -6.12. The first-order valence-electron chi connectivity index (χ1n) is 12.1. The Bertz CT molecular complexity index is 1490. The van der Waals surface area contributed by atoms with Crippen LogP contribution in [0.4, 0.5) is 13.2 Å². The van der Waals surface area contributed by atoms with Crippen LogP contribution in [0.3, 0.4) is 0 Å². The highest BCUT2D eigenvalue weighted by molar-refractivity contribution is 8.05. The number of sulfonamides is 2. The fourth-order valence-electron chi connectivity index (χ4n) is 7.87. The van der Waals surface area contributed by atoms with Crippen LogP contribution in [0, 0.1) is 23.2 Å². The molecule has 36 heavy (non-hydrogen) atoms. The van der Waals surface area contributed by atoms with E-state index in [0.29, 0.717) is 53.4 Å². The standard InChI is InChI=1S/C26H26F3NO4S2/c27-26(28,29)36(33,34)30-35(31,32)24(25-13-16-9-17(14-25)11-18(10-16)15-25)23-21-7-3-1-5-19(21)12-20-6-2-4-8-22(20)23/h1-8,12,16-18,24,30H,9-11,13-15H2/t16?,17?,18?,24-,25?/m0/s1. The second-order valence-corrected chi connectivity index (χ2v) is 14.7. The molecule has 0 aromatic heterocycles. The molecule has 4 aliphatic rings. The number of benzene rings is 3. The van der Waals surface area contributed by atoms with Crippen LogP contribution in [-0.2, 0) is 20.0 Å². The Morgan fingerprint density at radius 3 is 1.67 bits per heavy atom. The molecular weight excluding hydrogens is 511 g/mol. The van der Waals surface area contributed by atoms with Crippen LogP contribution in [-0.4, -0.2) is 22.3 Å². The van der Waals surface area contributed by atoms with Crippen molar-refractivity contribution in [3.05, 3.63) is 60.2 Å². The summed E-state index contributed by atoms with van der Waals surface area (Å²) < 4.78 is 93.6. The lowest BCUT2D eigenvalue weighted by atomic mass is 9.48. The molecule has 0 saturated heterocycles. The molecule has 4 aliphatic carbocycles. The van der Waals surface area contributed by atoms with Gasteiger partial charge in [0.25, 0.3) is 0 Å². The summed E-state index contributed by atoms with van der Waals surface area (Å²) in [7, 11) is -11.1. The molecule has 0 amide bonds. The van der Waals surface area contributed by atoms with Crippen LogP contribution in [0.2, 0.25) is 0 Å². The van der Waals surface area contributed by atoms with Crippen molar-refractivity contribution < 1.29 is 30.0 Å². The summed E-state index contributed by atoms with van der Waals surface area (Å²) in [4.78, 5) is 0. The van der Waals surface area contributed by atoms with Gasteiger partial charge in [-0.1, -0.05) is 48.5 Å². The molecule has 0 aliphatic heterocycles. The number of hydrogen-bond acceptors (Lipinski definition) is 4. The maximum absolute atomic E-state index is 14.0. The van der Waals surface area contributed by atoms with Crippen LogP contribution < -0.4 is 4.13 Å². The average molecular weight is 538 g/mol. The third kappa shape index (κ3) is 3.75. The number of alkyl halides is 3. The lowest BCUT2D eigenvalue weighted by Gasteiger charge is -2.59. The molecule has 0 radical (unpaired) electrons. The van der Waals surface area contributed by atoms with Gasteiger partial charge in [-0.2, -0.15) is 13.2 Å². The highest BCUT2D eigenvalue weighted by Gasteiger charge is 2.60. The summed E-state index contributed by atoms with van der Waals surface area (Å²) in [6, 6.07) is 16.3. The van der Waals surface area contributed by atoms with Crippen LogP contribution in [0.1, 0.15) is 49.3 Å². The van der Waals surface area contributed by atoms with Crippen LogP contribution in [0.25, 0.3) is 21.5 Å². The smallest absolute Gasteiger partial charge is 0.211 e. The van der Waals surface area contributed by atoms with Crippen molar-refractivity contribution in [2.24, 2.45) is 23.2 Å². The molecule has 10 heteroatoms. The van der Waals surface area contributed by atoms with Crippen molar-refractivity contribution in [2.75, 3.05) is 0 Å². The van der Waals surface area contributed by atoms with Crippen LogP contribution >= 0.6 is 0 Å². The van der Waals surface area contributed by atoms with Crippen molar-refractivity contribution in [1.29, 1.82) is 0 Å². The molecule has 3 aromatic carbocycles. The first kappa shape index (κ1) is 24.2. The van der Waals surface area contributed by atoms with Crippen molar-refractivity contribution in [3.63, 3.8) is 0 Å². The zero-order valence-electron chi connectivity index (χ0n) is 19.3. The lowest BCUT2D eigenvalue weighted by molar-refractivity contribution is -0.0553. The summed E-state index contributed by atoms with van der Waals surface area (Å²) in [5.74, 6) is 0.901. The van der Waals surface area contributed by atoms with Gasteiger partial charge in [0.1, 0.15) is 5.25 Å². The third-order valence-electron chi connectivity index (χ3n) is 8.56. The minimum Gasteiger partial charge on any atom is -0.211 e. The molecule has 1 N–H and O–H groups in total. The first-order valence-corrected chi connectivity index (χ1v) is 15.2. The van der Waals surface area contributed by atoms with Gasteiger partial charge in [-0.15, -0.1) is 4.13 Å². The maximum atomic E-state index is 14.0. The lowest BCUT2D eigenvalue weighted by Crippen LogP contribution is -2.53. The van der Waals surface area contributed by atoms with Crippen LogP contribution in [0.15, 0.2) is 54.6 Å². The zero-order valence-corrected chi connectivity index (χ0v) is 21.0. The van der Waals surface area contributed by atoms with Crippen molar-refractivity contribution in [3.8, 4) is 0 Å². The van der Waals surface area contributed by atoms with Gasteiger partial charge in [0, 0.05) is 0 Å².